The SMILES string of the molecule is CSCSc1nc(-c2cccs2)cc(-c2ccccc2)c1C#N. The molecule has 0 bridgehead atoms. The second-order valence-corrected chi connectivity index (χ2v) is 7.88. The summed E-state index contributed by atoms with van der Waals surface area (Å²) in [6.07, 6.45) is 2.06. The molecule has 0 amide bonds. The summed E-state index contributed by atoms with van der Waals surface area (Å²) in [5.74, 6) is 0. The van der Waals surface area contributed by atoms with Gasteiger partial charge in [-0.05, 0) is 29.3 Å². The van der Waals surface area contributed by atoms with E-state index < -0.39 is 0 Å². The molecule has 0 spiro atoms. The van der Waals surface area contributed by atoms with Crippen LogP contribution in [0.5, 0.6) is 0 Å². The minimum atomic E-state index is 0.663. The fraction of sp³-hybridized carbons (Fsp3) is 0.111. The lowest BCUT2D eigenvalue weighted by molar-refractivity contribution is 1.13. The zero-order valence-electron chi connectivity index (χ0n) is 12.5. The first-order valence-electron chi connectivity index (χ1n) is 6.99. The number of thiophene rings is 1. The van der Waals surface area contributed by atoms with Crippen LogP contribution in [0.15, 0.2) is 58.9 Å². The molecular weight excluding hydrogens is 340 g/mol. The highest BCUT2D eigenvalue weighted by atomic mass is 32.2. The van der Waals surface area contributed by atoms with Gasteiger partial charge in [0.2, 0.25) is 0 Å². The quantitative estimate of drug-likeness (QED) is 0.431. The number of nitriles is 1. The minimum Gasteiger partial charge on any atom is -0.239 e. The first-order chi connectivity index (χ1) is 11.3. The number of rotatable bonds is 5. The van der Waals surface area contributed by atoms with Gasteiger partial charge in [-0.2, -0.15) is 17.0 Å². The van der Waals surface area contributed by atoms with Gasteiger partial charge in [0.1, 0.15) is 11.1 Å². The maximum Gasteiger partial charge on any atom is 0.116 e. The fourth-order valence-corrected chi connectivity index (χ4v) is 4.31. The van der Waals surface area contributed by atoms with E-state index in [1.807, 2.05) is 47.8 Å². The van der Waals surface area contributed by atoms with Crippen LogP contribution >= 0.6 is 34.9 Å². The summed E-state index contributed by atoms with van der Waals surface area (Å²) < 4.78 is 0. The molecule has 3 aromatic rings. The standard InChI is InChI=1S/C18H14N2S3/c1-21-12-23-18-15(11-19)14(13-6-3-2-4-7-13)10-16(20-18)17-8-5-9-22-17/h2-10H,12H2,1H3. The molecule has 0 atom stereocenters. The molecule has 0 aliphatic rings. The fourth-order valence-electron chi connectivity index (χ4n) is 2.24. The maximum atomic E-state index is 9.67. The summed E-state index contributed by atoms with van der Waals surface area (Å²) in [4.78, 5) is 5.87. The Morgan fingerprint density at radius 3 is 2.65 bits per heavy atom. The smallest absolute Gasteiger partial charge is 0.116 e. The molecule has 2 aromatic heterocycles. The van der Waals surface area contributed by atoms with Gasteiger partial charge in [-0.25, -0.2) is 4.98 Å². The third-order valence-electron chi connectivity index (χ3n) is 3.27. The molecule has 0 saturated carbocycles. The topological polar surface area (TPSA) is 36.7 Å². The largest absolute Gasteiger partial charge is 0.239 e. The molecule has 0 fully saturated rings. The van der Waals surface area contributed by atoms with Crippen molar-refractivity contribution >= 4 is 34.9 Å². The summed E-state index contributed by atoms with van der Waals surface area (Å²) in [5.41, 5.74) is 3.60. The van der Waals surface area contributed by atoms with Crippen LogP contribution in [0, 0.1) is 11.3 Å². The van der Waals surface area contributed by atoms with Crippen molar-refractivity contribution in [3.05, 3.63) is 59.5 Å². The van der Waals surface area contributed by atoms with Crippen molar-refractivity contribution in [3.8, 4) is 27.8 Å². The molecule has 0 aliphatic heterocycles. The predicted octanol–water partition coefficient (Wildman–Crippen LogP) is 5.76. The average molecular weight is 355 g/mol. The Labute approximate surface area is 148 Å². The molecule has 1 aromatic carbocycles. The van der Waals surface area contributed by atoms with Crippen molar-refractivity contribution in [1.29, 1.82) is 5.26 Å². The van der Waals surface area contributed by atoms with Crippen molar-refractivity contribution in [2.75, 3.05) is 11.3 Å². The molecule has 2 heterocycles. The molecule has 0 radical (unpaired) electrons. The molecule has 23 heavy (non-hydrogen) atoms. The van der Waals surface area contributed by atoms with Crippen LogP contribution in [0.4, 0.5) is 0 Å². The van der Waals surface area contributed by atoms with Crippen LogP contribution in [0.3, 0.4) is 0 Å². The van der Waals surface area contributed by atoms with Gasteiger partial charge in [-0.15, -0.1) is 11.3 Å². The van der Waals surface area contributed by atoms with Gasteiger partial charge in [-0.3, -0.25) is 0 Å². The van der Waals surface area contributed by atoms with Crippen LogP contribution < -0.4 is 0 Å². The van der Waals surface area contributed by atoms with Gasteiger partial charge < -0.3 is 0 Å². The molecule has 0 aliphatic carbocycles. The molecule has 3 rings (SSSR count). The van der Waals surface area contributed by atoms with E-state index >= 15 is 0 Å². The van der Waals surface area contributed by atoms with E-state index in [0.29, 0.717) is 5.56 Å². The second-order valence-electron chi connectivity index (χ2n) is 4.74. The molecule has 2 nitrogen and oxygen atoms in total. The van der Waals surface area contributed by atoms with Gasteiger partial charge >= 0.3 is 0 Å². The normalized spacial score (nSPS) is 10.4. The van der Waals surface area contributed by atoms with Gasteiger partial charge in [-0.1, -0.05) is 48.2 Å². The highest BCUT2D eigenvalue weighted by Gasteiger charge is 2.15. The Balaban J connectivity index is 2.20. The third kappa shape index (κ3) is 3.61. The number of hydrogen-bond acceptors (Lipinski definition) is 5. The molecule has 0 unspecified atom stereocenters. The molecular formula is C18H14N2S3. The van der Waals surface area contributed by atoms with E-state index in [1.165, 1.54) is 0 Å². The van der Waals surface area contributed by atoms with Crippen LogP contribution in [0.1, 0.15) is 5.56 Å². The van der Waals surface area contributed by atoms with Gasteiger partial charge in [0.25, 0.3) is 0 Å². The van der Waals surface area contributed by atoms with Crippen molar-refractivity contribution in [2.45, 2.75) is 5.03 Å². The predicted molar refractivity (Wildman–Crippen MR) is 102 cm³/mol. The first kappa shape index (κ1) is 16.1. The Kier molecular flexibility index (Phi) is 5.39. The van der Waals surface area contributed by atoms with Crippen LogP contribution in [0.2, 0.25) is 0 Å². The number of aromatic nitrogens is 1. The number of nitrogens with zero attached hydrogens (tertiary/aromatic N) is 2. The minimum absolute atomic E-state index is 0.663. The van der Waals surface area contributed by atoms with E-state index in [4.69, 9.17) is 4.98 Å². The number of benzene rings is 1. The summed E-state index contributed by atoms with van der Waals surface area (Å²) in [5, 5.41) is 13.4. The van der Waals surface area contributed by atoms with E-state index in [1.54, 1.807) is 34.9 Å². The lowest BCUT2D eigenvalue weighted by atomic mass is 10.0. The lowest BCUT2D eigenvalue weighted by Gasteiger charge is -2.11. The summed E-state index contributed by atoms with van der Waals surface area (Å²) in [7, 11) is 0. The summed E-state index contributed by atoms with van der Waals surface area (Å²) >= 11 is 5.03. The van der Waals surface area contributed by atoms with Crippen molar-refractivity contribution < 1.29 is 0 Å². The van der Waals surface area contributed by atoms with E-state index in [2.05, 4.69) is 18.4 Å². The van der Waals surface area contributed by atoms with Gasteiger partial charge in [0.05, 0.1) is 16.1 Å². The van der Waals surface area contributed by atoms with Gasteiger partial charge in [0.15, 0.2) is 0 Å². The molecule has 0 N–H and O–H groups in total. The van der Waals surface area contributed by atoms with Gasteiger partial charge in [0, 0.05) is 10.6 Å². The average Bonchev–Trinajstić information content (AvgIpc) is 3.14. The van der Waals surface area contributed by atoms with Crippen LogP contribution in [-0.2, 0) is 0 Å². The Bertz CT molecular complexity index is 821. The Morgan fingerprint density at radius 2 is 2.00 bits per heavy atom. The number of thioether (sulfide) groups is 2. The van der Waals surface area contributed by atoms with E-state index in [-0.39, 0.29) is 0 Å². The van der Waals surface area contributed by atoms with Crippen LogP contribution in [0.25, 0.3) is 21.7 Å². The maximum absolute atomic E-state index is 9.67. The van der Waals surface area contributed by atoms with Crippen molar-refractivity contribution in [1.82, 2.24) is 4.98 Å². The second kappa shape index (κ2) is 7.69. The van der Waals surface area contributed by atoms with Crippen molar-refractivity contribution in [3.63, 3.8) is 0 Å². The van der Waals surface area contributed by atoms with E-state index in [0.717, 1.165) is 31.8 Å². The van der Waals surface area contributed by atoms with Crippen LogP contribution in [-0.4, -0.2) is 16.3 Å². The Morgan fingerprint density at radius 1 is 1.17 bits per heavy atom. The monoisotopic (exact) mass is 354 g/mol. The first-order valence-corrected chi connectivity index (χ1v) is 10.3. The summed E-state index contributed by atoms with van der Waals surface area (Å²) in [6.45, 7) is 0. The highest BCUT2D eigenvalue weighted by Crippen LogP contribution is 2.35. The zero-order valence-corrected chi connectivity index (χ0v) is 15.0. The van der Waals surface area contributed by atoms with E-state index in [9.17, 15) is 5.26 Å². The summed E-state index contributed by atoms with van der Waals surface area (Å²) in [6, 6.07) is 18.5. The lowest BCUT2D eigenvalue weighted by Crippen LogP contribution is -1.95. The Hall–Kier alpha value is -1.74. The third-order valence-corrected chi connectivity index (χ3v) is 6.15. The molecule has 5 heteroatoms. The van der Waals surface area contributed by atoms with Crippen molar-refractivity contribution in [2.24, 2.45) is 0 Å². The number of pyridine rings is 1. The molecule has 114 valence electrons. The molecule has 0 saturated heterocycles. The highest BCUT2D eigenvalue weighted by molar-refractivity contribution is 8.15. The number of hydrogen-bond donors (Lipinski definition) is 0. The zero-order chi connectivity index (χ0) is 16.1.